The first-order valence-corrected chi connectivity index (χ1v) is 11.1. The number of H-pyrrole nitrogens is 1. The van der Waals surface area contributed by atoms with Crippen LogP contribution in [-0.4, -0.2) is 70.0 Å². The van der Waals surface area contributed by atoms with Gasteiger partial charge in [-0.15, -0.1) is 0 Å². The van der Waals surface area contributed by atoms with Gasteiger partial charge in [0, 0.05) is 51.0 Å². The molecule has 2 N–H and O–H groups in total. The summed E-state index contributed by atoms with van der Waals surface area (Å²) in [5.41, 5.74) is 1.18. The lowest BCUT2D eigenvalue weighted by atomic mass is 10.0. The van der Waals surface area contributed by atoms with Crippen molar-refractivity contribution in [2.24, 2.45) is 0 Å². The van der Waals surface area contributed by atoms with E-state index in [4.69, 9.17) is 4.98 Å². The molecule has 0 aliphatic carbocycles. The molecule has 0 bridgehead atoms. The molecule has 166 valence electrons. The summed E-state index contributed by atoms with van der Waals surface area (Å²) in [6.07, 6.45) is 6.24. The van der Waals surface area contributed by atoms with Crippen LogP contribution in [0.4, 0.5) is 5.95 Å². The molecular formula is C23H27N7O2. The van der Waals surface area contributed by atoms with Gasteiger partial charge in [0.15, 0.2) is 0 Å². The largest absolute Gasteiger partial charge is 0.355 e. The summed E-state index contributed by atoms with van der Waals surface area (Å²) in [7, 11) is 1.59. The van der Waals surface area contributed by atoms with Gasteiger partial charge in [-0.3, -0.25) is 14.5 Å². The molecular weight excluding hydrogens is 406 g/mol. The number of hydrogen-bond donors (Lipinski definition) is 2. The van der Waals surface area contributed by atoms with Crippen molar-refractivity contribution >= 4 is 22.8 Å². The van der Waals surface area contributed by atoms with Gasteiger partial charge in [0.05, 0.1) is 16.5 Å². The highest BCUT2D eigenvalue weighted by Gasteiger charge is 2.33. The Kier molecular flexibility index (Phi) is 5.57. The second-order valence-electron chi connectivity index (χ2n) is 8.52. The first kappa shape index (κ1) is 20.6. The summed E-state index contributed by atoms with van der Waals surface area (Å²) in [6, 6.07) is 8.01. The molecule has 0 spiro atoms. The van der Waals surface area contributed by atoms with Crippen LogP contribution < -0.4 is 15.8 Å². The van der Waals surface area contributed by atoms with Gasteiger partial charge in [0.25, 0.3) is 11.5 Å². The summed E-state index contributed by atoms with van der Waals surface area (Å²) in [5, 5.41) is 3.22. The van der Waals surface area contributed by atoms with Crippen LogP contribution in [-0.2, 0) is 0 Å². The Morgan fingerprint density at radius 1 is 1.09 bits per heavy atom. The molecule has 1 aromatic carbocycles. The van der Waals surface area contributed by atoms with Crippen molar-refractivity contribution < 1.29 is 4.79 Å². The van der Waals surface area contributed by atoms with Gasteiger partial charge in [-0.05, 0) is 37.9 Å². The zero-order valence-electron chi connectivity index (χ0n) is 18.1. The molecule has 2 saturated heterocycles. The average Bonchev–Trinajstić information content (AvgIpc) is 3.34. The lowest BCUT2D eigenvalue weighted by Crippen LogP contribution is -2.44. The highest BCUT2D eigenvalue weighted by Crippen LogP contribution is 2.30. The topological polar surface area (TPSA) is 107 Å². The predicted octanol–water partition coefficient (Wildman–Crippen LogP) is 1.53. The number of benzene rings is 1. The van der Waals surface area contributed by atoms with Gasteiger partial charge in [0.2, 0.25) is 5.95 Å². The van der Waals surface area contributed by atoms with Crippen LogP contribution >= 0.6 is 0 Å². The predicted molar refractivity (Wildman–Crippen MR) is 122 cm³/mol. The van der Waals surface area contributed by atoms with E-state index in [-0.39, 0.29) is 17.4 Å². The molecule has 2 fully saturated rings. The number of likely N-dealkylation sites (tertiary alicyclic amines) is 1. The number of piperidine rings is 1. The zero-order chi connectivity index (χ0) is 22.1. The third-order valence-electron chi connectivity index (χ3n) is 6.63. The lowest BCUT2D eigenvalue weighted by molar-refractivity contribution is 0.0962. The van der Waals surface area contributed by atoms with Crippen molar-refractivity contribution in [1.82, 2.24) is 30.2 Å². The number of hydrogen-bond acceptors (Lipinski definition) is 7. The molecule has 32 heavy (non-hydrogen) atoms. The van der Waals surface area contributed by atoms with Crippen molar-refractivity contribution in [3.63, 3.8) is 0 Å². The van der Waals surface area contributed by atoms with E-state index in [1.807, 2.05) is 24.3 Å². The fourth-order valence-electron chi connectivity index (χ4n) is 4.82. The van der Waals surface area contributed by atoms with Crippen LogP contribution in [0.3, 0.4) is 0 Å². The van der Waals surface area contributed by atoms with E-state index in [1.165, 1.54) is 0 Å². The number of rotatable bonds is 4. The number of anilines is 1. The molecule has 3 aromatic rings. The third kappa shape index (κ3) is 3.95. The molecule has 4 heterocycles. The Morgan fingerprint density at radius 2 is 1.84 bits per heavy atom. The summed E-state index contributed by atoms with van der Waals surface area (Å²) in [4.78, 5) is 45.3. The van der Waals surface area contributed by atoms with Crippen LogP contribution in [0.1, 0.15) is 41.4 Å². The maximum absolute atomic E-state index is 12.4. The molecule has 1 unspecified atom stereocenters. The first-order valence-electron chi connectivity index (χ1n) is 11.1. The number of carbonyl (C=O) groups is 1. The minimum Gasteiger partial charge on any atom is -0.355 e. The number of carbonyl (C=O) groups excluding carboxylic acids is 1. The monoisotopic (exact) mass is 433 g/mol. The SMILES string of the molecule is CNC(=O)c1cnc(N2CCC(N3CCC(c4nc5ccccc5c(=O)[nH]4)C3)CC2)nc1. The highest BCUT2D eigenvalue weighted by atomic mass is 16.1. The molecule has 1 atom stereocenters. The fraction of sp³-hybridized carbons (Fsp3) is 0.435. The molecule has 0 saturated carbocycles. The number of aromatic nitrogens is 4. The Bertz CT molecular complexity index is 1170. The van der Waals surface area contributed by atoms with E-state index in [0.717, 1.165) is 56.8 Å². The third-order valence-corrected chi connectivity index (χ3v) is 6.63. The summed E-state index contributed by atoms with van der Waals surface area (Å²) in [5.74, 6) is 1.55. The fourth-order valence-corrected chi connectivity index (χ4v) is 4.82. The van der Waals surface area contributed by atoms with Crippen molar-refractivity contribution in [2.75, 3.05) is 38.1 Å². The second-order valence-corrected chi connectivity index (χ2v) is 8.52. The Labute approximate surface area is 185 Å². The molecule has 5 rings (SSSR count). The van der Waals surface area contributed by atoms with Gasteiger partial charge >= 0.3 is 0 Å². The van der Waals surface area contributed by atoms with E-state index >= 15 is 0 Å². The van der Waals surface area contributed by atoms with Crippen LogP contribution in [0, 0.1) is 0 Å². The van der Waals surface area contributed by atoms with Crippen LogP contribution in [0.2, 0.25) is 0 Å². The molecule has 9 heteroatoms. The van der Waals surface area contributed by atoms with Crippen molar-refractivity contribution in [1.29, 1.82) is 0 Å². The number of fused-ring (bicyclic) bond motifs is 1. The van der Waals surface area contributed by atoms with Crippen LogP contribution in [0.25, 0.3) is 10.9 Å². The number of amides is 1. The van der Waals surface area contributed by atoms with Gasteiger partial charge in [-0.2, -0.15) is 0 Å². The molecule has 1 amide bonds. The van der Waals surface area contributed by atoms with Gasteiger partial charge in [-0.25, -0.2) is 15.0 Å². The van der Waals surface area contributed by atoms with Crippen LogP contribution in [0.5, 0.6) is 0 Å². The maximum Gasteiger partial charge on any atom is 0.258 e. The zero-order valence-corrected chi connectivity index (χ0v) is 18.1. The van der Waals surface area contributed by atoms with Crippen molar-refractivity contribution in [3.05, 3.63) is 58.4 Å². The molecule has 2 aromatic heterocycles. The van der Waals surface area contributed by atoms with Crippen LogP contribution in [0.15, 0.2) is 41.5 Å². The molecule has 2 aliphatic heterocycles. The quantitative estimate of drug-likeness (QED) is 0.643. The molecule has 2 aliphatic rings. The highest BCUT2D eigenvalue weighted by molar-refractivity contribution is 5.93. The molecule has 9 nitrogen and oxygen atoms in total. The molecule has 0 radical (unpaired) electrons. The Morgan fingerprint density at radius 3 is 2.59 bits per heavy atom. The second kappa shape index (κ2) is 8.66. The van der Waals surface area contributed by atoms with E-state index in [1.54, 1.807) is 19.4 Å². The van der Waals surface area contributed by atoms with Crippen molar-refractivity contribution in [3.8, 4) is 0 Å². The van der Waals surface area contributed by atoms with E-state index < -0.39 is 0 Å². The number of aromatic amines is 1. The van der Waals surface area contributed by atoms with E-state index in [0.29, 0.717) is 22.9 Å². The van der Waals surface area contributed by atoms with Gasteiger partial charge in [0.1, 0.15) is 5.82 Å². The summed E-state index contributed by atoms with van der Waals surface area (Å²) in [6.45, 7) is 3.71. The number of nitrogens with zero attached hydrogens (tertiary/aromatic N) is 5. The minimum atomic E-state index is -0.180. The summed E-state index contributed by atoms with van der Waals surface area (Å²) < 4.78 is 0. The summed E-state index contributed by atoms with van der Waals surface area (Å²) >= 11 is 0. The van der Waals surface area contributed by atoms with Gasteiger partial charge in [-0.1, -0.05) is 12.1 Å². The standard InChI is InChI=1S/C23H27N7O2/c1-24-21(31)16-12-25-23(26-13-16)29-10-7-17(8-11-29)30-9-6-15(14-30)20-27-19-5-3-2-4-18(19)22(32)28-20/h2-5,12-13,15,17H,6-11,14H2,1H3,(H,24,31)(H,27,28,32). The van der Waals surface area contributed by atoms with Gasteiger partial charge < -0.3 is 15.2 Å². The lowest BCUT2D eigenvalue weighted by Gasteiger charge is -2.36. The Balaban J connectivity index is 1.20. The maximum atomic E-state index is 12.4. The number of para-hydroxylation sites is 1. The van der Waals surface area contributed by atoms with Crippen molar-refractivity contribution in [2.45, 2.75) is 31.2 Å². The average molecular weight is 434 g/mol. The normalized spacial score (nSPS) is 20.0. The Hall–Kier alpha value is -3.33. The minimum absolute atomic E-state index is 0.0557. The first-order chi connectivity index (χ1) is 15.6. The van der Waals surface area contributed by atoms with E-state index in [2.05, 4.69) is 30.1 Å². The smallest absolute Gasteiger partial charge is 0.258 e. The van der Waals surface area contributed by atoms with E-state index in [9.17, 15) is 9.59 Å². The number of nitrogens with one attached hydrogen (secondary N) is 2.